The van der Waals surface area contributed by atoms with Gasteiger partial charge in [0.25, 0.3) is 0 Å². The molecule has 0 radical (unpaired) electrons. The average Bonchev–Trinajstić information content (AvgIpc) is 2.93. The Labute approximate surface area is 223 Å². The predicted molar refractivity (Wildman–Crippen MR) is 147 cm³/mol. The number of benzene rings is 2. The minimum absolute atomic E-state index is 0.107. The zero-order valence-corrected chi connectivity index (χ0v) is 22.6. The standard InChI is InChI=1S/C28H37N5O5/c1-5-6-21(11-12-33-15-13-32(2)14-16-33)38-28(34)31-20-7-9-22(10-8-20)37-27-23-17-25(35-3)26(36-4)18-24(23)29-19-30-27/h7-10,17-19,21H,5-6,11-16H2,1-4H3,(H,31,34). The van der Waals surface area contributed by atoms with E-state index in [4.69, 9.17) is 18.9 Å². The van der Waals surface area contributed by atoms with Crippen LogP contribution < -0.4 is 19.5 Å². The molecular formula is C28H37N5O5. The van der Waals surface area contributed by atoms with Crippen LogP contribution in [-0.2, 0) is 4.74 Å². The third-order valence-electron chi connectivity index (χ3n) is 6.67. The average molecular weight is 524 g/mol. The van der Waals surface area contributed by atoms with Crippen molar-refractivity contribution in [1.29, 1.82) is 0 Å². The number of amides is 1. The van der Waals surface area contributed by atoms with Crippen LogP contribution >= 0.6 is 0 Å². The number of rotatable bonds is 11. The van der Waals surface area contributed by atoms with Crippen molar-refractivity contribution in [2.24, 2.45) is 0 Å². The molecule has 0 aliphatic carbocycles. The van der Waals surface area contributed by atoms with Crippen molar-refractivity contribution in [2.45, 2.75) is 32.3 Å². The van der Waals surface area contributed by atoms with E-state index in [0.29, 0.717) is 39.7 Å². The maximum absolute atomic E-state index is 12.6. The van der Waals surface area contributed by atoms with Gasteiger partial charge in [-0.25, -0.2) is 14.8 Å². The van der Waals surface area contributed by atoms with Gasteiger partial charge in [0.15, 0.2) is 11.5 Å². The van der Waals surface area contributed by atoms with Crippen LogP contribution in [-0.4, -0.2) is 86.0 Å². The van der Waals surface area contributed by atoms with Crippen LogP contribution in [0.2, 0.25) is 0 Å². The fourth-order valence-electron chi connectivity index (χ4n) is 4.44. The second-order valence-corrected chi connectivity index (χ2v) is 9.40. The first-order valence-corrected chi connectivity index (χ1v) is 13.0. The number of carbonyl (C=O) groups excluding carboxylic acids is 1. The van der Waals surface area contributed by atoms with Crippen molar-refractivity contribution in [2.75, 3.05) is 59.3 Å². The number of likely N-dealkylation sites (N-methyl/N-ethyl adjacent to an activating group) is 1. The topological polar surface area (TPSA) is 98.3 Å². The molecule has 3 aromatic rings. The van der Waals surface area contributed by atoms with E-state index in [1.807, 2.05) is 0 Å². The molecule has 2 heterocycles. The molecule has 0 bridgehead atoms. The summed E-state index contributed by atoms with van der Waals surface area (Å²) in [5.41, 5.74) is 1.29. The summed E-state index contributed by atoms with van der Waals surface area (Å²) >= 11 is 0. The van der Waals surface area contributed by atoms with E-state index in [-0.39, 0.29) is 6.10 Å². The smallest absolute Gasteiger partial charge is 0.411 e. The van der Waals surface area contributed by atoms with Crippen LogP contribution in [0.1, 0.15) is 26.2 Å². The van der Waals surface area contributed by atoms with Crippen LogP contribution in [0.3, 0.4) is 0 Å². The number of nitrogens with one attached hydrogen (secondary N) is 1. The highest BCUT2D eigenvalue weighted by Crippen LogP contribution is 2.35. The fraction of sp³-hybridized carbons (Fsp3) is 0.464. The van der Waals surface area contributed by atoms with Gasteiger partial charge < -0.3 is 28.7 Å². The number of carbonyl (C=O) groups is 1. The zero-order chi connectivity index (χ0) is 26.9. The van der Waals surface area contributed by atoms with E-state index in [2.05, 4.69) is 39.1 Å². The summed E-state index contributed by atoms with van der Waals surface area (Å²) in [6.07, 6.45) is 3.52. The molecule has 2 aromatic carbocycles. The lowest BCUT2D eigenvalue weighted by molar-refractivity contribution is 0.0811. The number of nitrogens with zero attached hydrogens (tertiary/aromatic N) is 4. The van der Waals surface area contributed by atoms with Crippen LogP contribution in [0.25, 0.3) is 10.9 Å². The summed E-state index contributed by atoms with van der Waals surface area (Å²) in [6.45, 7) is 7.32. The van der Waals surface area contributed by atoms with E-state index in [9.17, 15) is 4.79 Å². The number of methoxy groups -OCH3 is 2. The summed E-state index contributed by atoms with van der Waals surface area (Å²) in [4.78, 5) is 26.0. The third kappa shape index (κ3) is 7.23. The summed E-state index contributed by atoms with van der Waals surface area (Å²) in [7, 11) is 5.30. The predicted octanol–water partition coefficient (Wildman–Crippen LogP) is 4.79. The van der Waals surface area contributed by atoms with Gasteiger partial charge in [0.2, 0.25) is 5.88 Å². The van der Waals surface area contributed by atoms with Crippen molar-refractivity contribution in [3.05, 3.63) is 42.7 Å². The number of piperazine rings is 1. The van der Waals surface area contributed by atoms with Gasteiger partial charge in [0.05, 0.1) is 25.1 Å². The first kappa shape index (κ1) is 27.4. The number of aromatic nitrogens is 2. The van der Waals surface area contributed by atoms with Gasteiger partial charge in [-0.05, 0) is 50.2 Å². The lowest BCUT2D eigenvalue weighted by atomic mass is 10.1. The Balaban J connectivity index is 1.34. The van der Waals surface area contributed by atoms with E-state index >= 15 is 0 Å². The molecule has 1 amide bonds. The molecule has 1 aromatic heterocycles. The monoisotopic (exact) mass is 523 g/mol. The molecule has 0 spiro atoms. The van der Waals surface area contributed by atoms with Crippen LogP contribution in [0.4, 0.5) is 10.5 Å². The minimum Gasteiger partial charge on any atom is -0.493 e. The Morgan fingerprint density at radius 1 is 1.00 bits per heavy atom. The normalized spacial score (nSPS) is 15.2. The SMILES string of the molecule is CCCC(CCN1CCN(C)CC1)OC(=O)Nc1ccc(Oc2ncnc3cc(OC)c(OC)cc23)cc1. The van der Waals surface area contributed by atoms with Gasteiger partial charge in [-0.1, -0.05) is 13.3 Å². The number of hydrogen-bond donors (Lipinski definition) is 1. The highest BCUT2D eigenvalue weighted by Gasteiger charge is 2.19. The highest BCUT2D eigenvalue weighted by molar-refractivity contribution is 5.87. The zero-order valence-electron chi connectivity index (χ0n) is 22.6. The van der Waals surface area contributed by atoms with Crippen LogP contribution in [0.5, 0.6) is 23.1 Å². The third-order valence-corrected chi connectivity index (χ3v) is 6.67. The maximum atomic E-state index is 12.6. The Morgan fingerprint density at radius 3 is 2.39 bits per heavy atom. The van der Waals surface area contributed by atoms with Gasteiger partial charge >= 0.3 is 6.09 Å². The molecule has 4 rings (SSSR count). The molecule has 1 unspecified atom stereocenters. The van der Waals surface area contributed by atoms with E-state index in [0.717, 1.165) is 52.0 Å². The lowest BCUT2D eigenvalue weighted by Crippen LogP contribution is -2.45. The molecular weight excluding hydrogens is 486 g/mol. The molecule has 1 aliphatic heterocycles. The van der Waals surface area contributed by atoms with Crippen molar-refractivity contribution >= 4 is 22.7 Å². The summed E-state index contributed by atoms with van der Waals surface area (Å²) in [5.74, 6) is 2.09. The Kier molecular flexibility index (Phi) is 9.56. The van der Waals surface area contributed by atoms with Crippen molar-refractivity contribution < 1.29 is 23.7 Å². The second-order valence-electron chi connectivity index (χ2n) is 9.40. The summed E-state index contributed by atoms with van der Waals surface area (Å²) < 4.78 is 22.5. The summed E-state index contributed by atoms with van der Waals surface area (Å²) in [6, 6.07) is 10.6. The van der Waals surface area contributed by atoms with Crippen LogP contribution in [0.15, 0.2) is 42.7 Å². The van der Waals surface area contributed by atoms with Gasteiger partial charge in [-0.3, -0.25) is 5.32 Å². The first-order valence-electron chi connectivity index (χ1n) is 13.0. The molecule has 0 saturated carbocycles. The Morgan fingerprint density at radius 2 is 1.71 bits per heavy atom. The molecule has 38 heavy (non-hydrogen) atoms. The van der Waals surface area contributed by atoms with Crippen molar-refractivity contribution in [3.8, 4) is 23.1 Å². The van der Waals surface area contributed by atoms with Gasteiger partial charge in [-0.2, -0.15) is 0 Å². The van der Waals surface area contributed by atoms with E-state index in [1.165, 1.54) is 6.33 Å². The molecule has 1 N–H and O–H groups in total. The second kappa shape index (κ2) is 13.3. The molecule has 1 fully saturated rings. The largest absolute Gasteiger partial charge is 0.493 e. The molecule has 10 heteroatoms. The maximum Gasteiger partial charge on any atom is 0.411 e. The highest BCUT2D eigenvalue weighted by atomic mass is 16.6. The minimum atomic E-state index is -0.446. The molecule has 1 saturated heterocycles. The first-order chi connectivity index (χ1) is 18.5. The van der Waals surface area contributed by atoms with Crippen LogP contribution in [0, 0.1) is 0 Å². The quantitative estimate of drug-likeness (QED) is 0.380. The number of hydrogen-bond acceptors (Lipinski definition) is 9. The fourth-order valence-corrected chi connectivity index (χ4v) is 4.44. The number of fused-ring (bicyclic) bond motifs is 1. The molecule has 10 nitrogen and oxygen atoms in total. The lowest BCUT2D eigenvalue weighted by Gasteiger charge is -2.33. The van der Waals surface area contributed by atoms with Gasteiger partial charge in [0.1, 0.15) is 18.2 Å². The molecule has 1 atom stereocenters. The van der Waals surface area contributed by atoms with Crippen molar-refractivity contribution in [3.63, 3.8) is 0 Å². The van der Waals surface area contributed by atoms with Gasteiger partial charge in [-0.15, -0.1) is 0 Å². The Hall–Kier alpha value is -3.63. The number of ether oxygens (including phenoxy) is 4. The van der Waals surface area contributed by atoms with E-state index in [1.54, 1.807) is 50.6 Å². The molecule has 1 aliphatic rings. The molecule has 204 valence electrons. The van der Waals surface area contributed by atoms with Gasteiger partial charge in [0, 0.05) is 44.5 Å². The summed E-state index contributed by atoms with van der Waals surface area (Å²) in [5, 5.41) is 3.52. The Bertz CT molecular complexity index is 1200. The van der Waals surface area contributed by atoms with E-state index < -0.39 is 6.09 Å². The number of anilines is 1. The van der Waals surface area contributed by atoms with Crippen molar-refractivity contribution in [1.82, 2.24) is 19.8 Å².